The number of ether oxygens (including phenoxy) is 1. The number of benzene rings is 2. The van der Waals surface area contributed by atoms with Crippen molar-refractivity contribution in [3.05, 3.63) is 47.8 Å². The normalized spacial score (nSPS) is 10.8. The van der Waals surface area contributed by atoms with Crippen molar-refractivity contribution in [2.24, 2.45) is 0 Å². The van der Waals surface area contributed by atoms with Crippen LogP contribution < -0.4 is 10.5 Å². The van der Waals surface area contributed by atoms with Crippen LogP contribution in [0.25, 0.3) is 0 Å². The molecule has 0 bridgehead atoms. The third kappa shape index (κ3) is 3.25. The highest BCUT2D eigenvalue weighted by Crippen LogP contribution is 2.35. The van der Waals surface area contributed by atoms with Gasteiger partial charge in [-0.3, -0.25) is 0 Å². The van der Waals surface area contributed by atoms with E-state index in [1.165, 1.54) is 30.5 Å². The molecule has 0 aliphatic rings. The van der Waals surface area contributed by atoms with E-state index in [4.69, 9.17) is 10.5 Å². The fourth-order valence-corrected chi connectivity index (χ4v) is 2.70. The highest BCUT2D eigenvalue weighted by Gasteiger charge is 2.10. The zero-order valence-corrected chi connectivity index (χ0v) is 12.6. The molecule has 2 N–H and O–H groups in total. The Morgan fingerprint density at radius 3 is 2.35 bits per heavy atom. The van der Waals surface area contributed by atoms with Gasteiger partial charge in [0.05, 0.1) is 17.7 Å². The van der Waals surface area contributed by atoms with Gasteiger partial charge in [0, 0.05) is 11.0 Å². The summed E-state index contributed by atoms with van der Waals surface area (Å²) in [5, 5.41) is 0. The zero-order chi connectivity index (χ0) is 14.7. The van der Waals surface area contributed by atoms with E-state index in [1.807, 2.05) is 12.1 Å². The van der Waals surface area contributed by atoms with Crippen LogP contribution in [0.1, 0.15) is 25.3 Å². The molecule has 2 aromatic carbocycles. The molecule has 0 aliphatic carbocycles. The van der Waals surface area contributed by atoms with Crippen molar-refractivity contribution in [2.45, 2.75) is 29.6 Å². The second-order valence-electron chi connectivity index (χ2n) is 4.85. The van der Waals surface area contributed by atoms with Crippen molar-refractivity contribution < 1.29 is 9.13 Å². The molecule has 2 nitrogen and oxygen atoms in total. The predicted octanol–water partition coefficient (Wildman–Crippen LogP) is 4.69. The quantitative estimate of drug-likeness (QED) is 0.830. The minimum atomic E-state index is -0.332. The molecule has 106 valence electrons. The Bertz CT molecular complexity index is 596. The summed E-state index contributed by atoms with van der Waals surface area (Å²) in [6, 6.07) is 11.1. The molecule has 20 heavy (non-hydrogen) atoms. The average molecular weight is 291 g/mol. The summed E-state index contributed by atoms with van der Waals surface area (Å²) < 4.78 is 19.0. The van der Waals surface area contributed by atoms with Crippen molar-refractivity contribution in [3.63, 3.8) is 0 Å². The molecular weight excluding hydrogens is 273 g/mol. The first kappa shape index (κ1) is 14.7. The lowest BCUT2D eigenvalue weighted by Gasteiger charge is -2.10. The Balaban J connectivity index is 2.25. The van der Waals surface area contributed by atoms with Crippen LogP contribution in [0.3, 0.4) is 0 Å². The lowest BCUT2D eigenvalue weighted by Crippen LogP contribution is -1.94. The van der Waals surface area contributed by atoms with Gasteiger partial charge >= 0.3 is 0 Å². The standard InChI is InChI=1S/C16H18FNOS/c1-10(2)11-4-6-12(7-5-11)20-16-9-15(19-3)14(18)8-13(16)17/h4-10H,18H2,1-3H3. The molecule has 4 heteroatoms. The minimum absolute atomic E-state index is 0.310. The number of anilines is 1. The van der Waals surface area contributed by atoms with Gasteiger partial charge < -0.3 is 10.5 Å². The maximum absolute atomic E-state index is 13.9. The number of methoxy groups -OCH3 is 1. The Hall–Kier alpha value is -1.68. The molecule has 2 rings (SSSR count). The maximum Gasteiger partial charge on any atom is 0.143 e. The van der Waals surface area contributed by atoms with Gasteiger partial charge in [0.15, 0.2) is 0 Å². The van der Waals surface area contributed by atoms with Gasteiger partial charge in [-0.05, 0) is 29.7 Å². The van der Waals surface area contributed by atoms with Gasteiger partial charge in [-0.2, -0.15) is 0 Å². The number of nitrogens with two attached hydrogens (primary N) is 1. The molecule has 0 aliphatic heterocycles. The maximum atomic E-state index is 13.9. The Labute approximate surface area is 123 Å². The molecule has 0 amide bonds. The minimum Gasteiger partial charge on any atom is -0.495 e. The first-order chi connectivity index (χ1) is 9.51. The van der Waals surface area contributed by atoms with E-state index >= 15 is 0 Å². The van der Waals surface area contributed by atoms with E-state index in [9.17, 15) is 4.39 Å². The summed E-state index contributed by atoms with van der Waals surface area (Å²) in [6.45, 7) is 4.29. The fourth-order valence-electron chi connectivity index (χ4n) is 1.85. The number of hydrogen-bond acceptors (Lipinski definition) is 3. The van der Waals surface area contributed by atoms with E-state index < -0.39 is 0 Å². The van der Waals surface area contributed by atoms with Crippen LogP contribution in [0.4, 0.5) is 10.1 Å². The molecule has 0 heterocycles. The van der Waals surface area contributed by atoms with Gasteiger partial charge in [0.25, 0.3) is 0 Å². The molecule has 0 aromatic heterocycles. The summed E-state index contributed by atoms with van der Waals surface area (Å²) >= 11 is 1.36. The molecule has 2 aromatic rings. The first-order valence-corrected chi connectivity index (χ1v) is 7.23. The molecular formula is C16H18FNOS. The summed E-state index contributed by atoms with van der Waals surface area (Å²) in [6.07, 6.45) is 0. The molecule has 0 radical (unpaired) electrons. The number of nitrogen functional groups attached to an aromatic ring is 1. The first-order valence-electron chi connectivity index (χ1n) is 6.42. The Morgan fingerprint density at radius 2 is 1.80 bits per heavy atom. The monoisotopic (exact) mass is 291 g/mol. The average Bonchev–Trinajstić information content (AvgIpc) is 2.42. The topological polar surface area (TPSA) is 35.2 Å². The van der Waals surface area contributed by atoms with Gasteiger partial charge in [0.1, 0.15) is 11.6 Å². The third-order valence-corrected chi connectivity index (χ3v) is 4.10. The second kappa shape index (κ2) is 6.18. The summed E-state index contributed by atoms with van der Waals surface area (Å²) in [5.74, 6) is 0.649. The lowest BCUT2D eigenvalue weighted by molar-refractivity contribution is 0.414. The van der Waals surface area contributed by atoms with Gasteiger partial charge in [-0.25, -0.2) is 4.39 Å². The zero-order valence-electron chi connectivity index (χ0n) is 11.8. The van der Waals surface area contributed by atoms with Gasteiger partial charge in [-0.1, -0.05) is 37.7 Å². The van der Waals surface area contributed by atoms with Crippen LogP contribution in [0, 0.1) is 5.82 Å². The van der Waals surface area contributed by atoms with Crippen LogP contribution >= 0.6 is 11.8 Å². The van der Waals surface area contributed by atoms with Gasteiger partial charge in [-0.15, -0.1) is 0 Å². The van der Waals surface area contributed by atoms with Crippen molar-refractivity contribution >= 4 is 17.4 Å². The predicted molar refractivity (Wildman–Crippen MR) is 82.0 cm³/mol. The van der Waals surface area contributed by atoms with Crippen molar-refractivity contribution in [3.8, 4) is 5.75 Å². The summed E-state index contributed by atoms with van der Waals surface area (Å²) in [5.41, 5.74) is 7.25. The number of halogens is 1. The Morgan fingerprint density at radius 1 is 1.15 bits per heavy atom. The molecule has 0 saturated carbocycles. The Kier molecular flexibility index (Phi) is 4.55. The SMILES string of the molecule is COc1cc(Sc2ccc(C(C)C)cc2)c(F)cc1N. The van der Waals surface area contributed by atoms with E-state index in [1.54, 1.807) is 6.07 Å². The summed E-state index contributed by atoms with van der Waals surface area (Å²) in [4.78, 5) is 1.49. The number of hydrogen-bond donors (Lipinski definition) is 1. The second-order valence-corrected chi connectivity index (χ2v) is 5.97. The van der Waals surface area contributed by atoms with Crippen LogP contribution in [-0.2, 0) is 0 Å². The van der Waals surface area contributed by atoms with Crippen LogP contribution in [0.5, 0.6) is 5.75 Å². The van der Waals surface area contributed by atoms with E-state index in [0.29, 0.717) is 22.3 Å². The number of rotatable bonds is 4. The molecule has 0 atom stereocenters. The van der Waals surface area contributed by atoms with Crippen molar-refractivity contribution in [1.82, 2.24) is 0 Å². The largest absolute Gasteiger partial charge is 0.495 e. The highest BCUT2D eigenvalue weighted by molar-refractivity contribution is 7.99. The summed E-state index contributed by atoms with van der Waals surface area (Å²) in [7, 11) is 1.52. The van der Waals surface area contributed by atoms with Gasteiger partial charge in [0.2, 0.25) is 0 Å². The van der Waals surface area contributed by atoms with E-state index in [2.05, 4.69) is 26.0 Å². The fraction of sp³-hybridized carbons (Fsp3) is 0.250. The van der Waals surface area contributed by atoms with E-state index in [-0.39, 0.29) is 5.82 Å². The van der Waals surface area contributed by atoms with Crippen molar-refractivity contribution in [2.75, 3.05) is 12.8 Å². The van der Waals surface area contributed by atoms with Crippen LogP contribution in [0.15, 0.2) is 46.2 Å². The van der Waals surface area contributed by atoms with Crippen LogP contribution in [-0.4, -0.2) is 7.11 Å². The molecule has 0 spiro atoms. The molecule has 0 saturated heterocycles. The highest BCUT2D eigenvalue weighted by atomic mass is 32.2. The van der Waals surface area contributed by atoms with E-state index in [0.717, 1.165) is 4.90 Å². The van der Waals surface area contributed by atoms with Crippen molar-refractivity contribution in [1.29, 1.82) is 0 Å². The lowest BCUT2D eigenvalue weighted by atomic mass is 10.0. The smallest absolute Gasteiger partial charge is 0.143 e. The molecule has 0 fully saturated rings. The third-order valence-electron chi connectivity index (χ3n) is 3.06. The van der Waals surface area contributed by atoms with Crippen LogP contribution in [0.2, 0.25) is 0 Å². The molecule has 0 unspecified atom stereocenters.